The summed E-state index contributed by atoms with van der Waals surface area (Å²) >= 11 is 1.66. The highest BCUT2D eigenvalue weighted by Gasteiger charge is 2.10. The molecule has 1 aromatic rings. The number of rotatable bonds is 7. The van der Waals surface area contributed by atoms with E-state index in [1.807, 2.05) is 18.2 Å². The molecule has 0 saturated carbocycles. The minimum Gasteiger partial charge on any atom is -0.391 e. The van der Waals surface area contributed by atoms with Crippen molar-refractivity contribution in [2.24, 2.45) is 5.92 Å². The van der Waals surface area contributed by atoms with Gasteiger partial charge < -0.3 is 10.4 Å². The Morgan fingerprint density at radius 3 is 2.74 bits per heavy atom. The molecular weight excluding hydrogens is 256 g/mol. The Kier molecular flexibility index (Phi) is 6.75. The largest absolute Gasteiger partial charge is 0.391 e. The minimum atomic E-state index is -0.381. The SMILES string of the molecule is CCSc1cccc(NCC(O)CC(C)C)c1C#N. The molecule has 0 heterocycles. The van der Waals surface area contributed by atoms with Crippen LogP contribution in [0.1, 0.15) is 32.8 Å². The summed E-state index contributed by atoms with van der Waals surface area (Å²) in [5.74, 6) is 1.41. The molecule has 0 radical (unpaired) electrons. The Morgan fingerprint density at radius 2 is 2.16 bits per heavy atom. The fourth-order valence-electron chi connectivity index (χ4n) is 1.92. The number of thioether (sulfide) groups is 1. The summed E-state index contributed by atoms with van der Waals surface area (Å²) in [6.45, 7) is 6.72. The highest BCUT2D eigenvalue weighted by atomic mass is 32.2. The van der Waals surface area contributed by atoms with E-state index in [-0.39, 0.29) is 6.10 Å². The average molecular weight is 278 g/mol. The number of benzene rings is 1. The zero-order valence-corrected chi connectivity index (χ0v) is 12.6. The summed E-state index contributed by atoms with van der Waals surface area (Å²) in [4.78, 5) is 0.994. The van der Waals surface area contributed by atoms with E-state index in [0.717, 1.165) is 22.8 Å². The first-order chi connectivity index (χ1) is 9.08. The second kappa shape index (κ2) is 8.08. The summed E-state index contributed by atoms with van der Waals surface area (Å²) in [6, 6.07) is 8.04. The van der Waals surface area contributed by atoms with Crippen molar-refractivity contribution in [2.45, 2.75) is 38.2 Å². The molecule has 1 aromatic carbocycles. The molecule has 104 valence electrons. The first-order valence-corrected chi connectivity index (χ1v) is 7.64. The maximum absolute atomic E-state index is 9.87. The average Bonchev–Trinajstić information content (AvgIpc) is 2.36. The van der Waals surface area contributed by atoms with Gasteiger partial charge in [-0.2, -0.15) is 5.26 Å². The Hall–Kier alpha value is -1.18. The molecule has 19 heavy (non-hydrogen) atoms. The zero-order valence-electron chi connectivity index (χ0n) is 11.8. The molecular formula is C15H22N2OS. The first-order valence-electron chi connectivity index (χ1n) is 6.66. The third-order valence-corrected chi connectivity index (χ3v) is 3.65. The van der Waals surface area contributed by atoms with E-state index in [9.17, 15) is 10.4 Å². The van der Waals surface area contributed by atoms with Gasteiger partial charge in [0.15, 0.2) is 0 Å². The minimum absolute atomic E-state index is 0.381. The van der Waals surface area contributed by atoms with E-state index < -0.39 is 0 Å². The molecule has 1 unspecified atom stereocenters. The van der Waals surface area contributed by atoms with Gasteiger partial charge in [0.25, 0.3) is 0 Å². The lowest BCUT2D eigenvalue weighted by Crippen LogP contribution is -2.21. The van der Waals surface area contributed by atoms with Crippen LogP contribution in [0.5, 0.6) is 0 Å². The van der Waals surface area contributed by atoms with Crippen LogP contribution in [0.4, 0.5) is 5.69 Å². The smallest absolute Gasteiger partial charge is 0.102 e. The molecule has 0 spiro atoms. The Balaban J connectivity index is 2.73. The summed E-state index contributed by atoms with van der Waals surface area (Å²) in [7, 11) is 0. The molecule has 0 aliphatic carbocycles. The predicted octanol–water partition coefficient (Wildman–Crippen LogP) is 3.49. The monoisotopic (exact) mass is 278 g/mol. The van der Waals surface area contributed by atoms with Crippen LogP contribution in [0, 0.1) is 17.2 Å². The number of aliphatic hydroxyl groups is 1. The molecule has 1 rings (SSSR count). The van der Waals surface area contributed by atoms with E-state index >= 15 is 0 Å². The summed E-state index contributed by atoms with van der Waals surface area (Å²) in [5, 5.41) is 22.3. The van der Waals surface area contributed by atoms with Gasteiger partial charge in [0.05, 0.1) is 17.4 Å². The van der Waals surface area contributed by atoms with Crippen molar-refractivity contribution in [3.05, 3.63) is 23.8 Å². The zero-order chi connectivity index (χ0) is 14.3. The predicted molar refractivity (Wildman–Crippen MR) is 81.5 cm³/mol. The lowest BCUT2D eigenvalue weighted by Gasteiger charge is -2.16. The fourth-order valence-corrected chi connectivity index (χ4v) is 2.71. The number of hydrogen-bond acceptors (Lipinski definition) is 4. The quantitative estimate of drug-likeness (QED) is 0.750. The van der Waals surface area contributed by atoms with Crippen molar-refractivity contribution in [2.75, 3.05) is 17.6 Å². The number of aliphatic hydroxyl groups excluding tert-OH is 1. The van der Waals surface area contributed by atoms with Crippen LogP contribution in [0.25, 0.3) is 0 Å². The molecule has 0 aliphatic rings. The molecule has 0 aliphatic heterocycles. The molecule has 4 heteroatoms. The second-order valence-electron chi connectivity index (χ2n) is 4.89. The van der Waals surface area contributed by atoms with Crippen molar-refractivity contribution < 1.29 is 5.11 Å². The van der Waals surface area contributed by atoms with Crippen LogP contribution in [0.2, 0.25) is 0 Å². The Labute approximate surface area is 120 Å². The van der Waals surface area contributed by atoms with Gasteiger partial charge in [-0.3, -0.25) is 0 Å². The number of nitrogens with zero attached hydrogens (tertiary/aromatic N) is 1. The topological polar surface area (TPSA) is 56.0 Å². The normalized spacial score (nSPS) is 12.2. The third kappa shape index (κ3) is 5.14. The third-order valence-electron chi connectivity index (χ3n) is 2.71. The maximum atomic E-state index is 9.87. The van der Waals surface area contributed by atoms with Gasteiger partial charge >= 0.3 is 0 Å². The maximum Gasteiger partial charge on any atom is 0.102 e. The Morgan fingerprint density at radius 1 is 1.42 bits per heavy atom. The molecule has 0 fully saturated rings. The van der Waals surface area contributed by atoms with Crippen molar-refractivity contribution >= 4 is 17.4 Å². The van der Waals surface area contributed by atoms with E-state index in [2.05, 4.69) is 32.2 Å². The van der Waals surface area contributed by atoms with Crippen molar-refractivity contribution in [1.29, 1.82) is 5.26 Å². The van der Waals surface area contributed by atoms with E-state index in [1.54, 1.807) is 11.8 Å². The van der Waals surface area contributed by atoms with Crippen LogP contribution in [-0.2, 0) is 0 Å². The van der Waals surface area contributed by atoms with Gasteiger partial charge in [-0.05, 0) is 30.2 Å². The lowest BCUT2D eigenvalue weighted by molar-refractivity contribution is 0.161. The molecule has 1 atom stereocenters. The lowest BCUT2D eigenvalue weighted by atomic mass is 10.1. The fraction of sp³-hybridized carbons (Fsp3) is 0.533. The van der Waals surface area contributed by atoms with Crippen LogP contribution in [0.15, 0.2) is 23.1 Å². The van der Waals surface area contributed by atoms with Gasteiger partial charge in [-0.1, -0.05) is 26.8 Å². The van der Waals surface area contributed by atoms with Crippen LogP contribution < -0.4 is 5.32 Å². The molecule has 0 amide bonds. The van der Waals surface area contributed by atoms with Crippen LogP contribution in [0.3, 0.4) is 0 Å². The van der Waals surface area contributed by atoms with Gasteiger partial charge in [-0.25, -0.2) is 0 Å². The molecule has 0 bridgehead atoms. The number of nitrogens with one attached hydrogen (secondary N) is 1. The van der Waals surface area contributed by atoms with E-state index in [0.29, 0.717) is 18.0 Å². The summed E-state index contributed by atoms with van der Waals surface area (Å²) in [5.41, 5.74) is 1.48. The van der Waals surface area contributed by atoms with Gasteiger partial charge in [-0.15, -0.1) is 11.8 Å². The summed E-state index contributed by atoms with van der Waals surface area (Å²) in [6.07, 6.45) is 0.382. The highest BCUT2D eigenvalue weighted by molar-refractivity contribution is 7.99. The summed E-state index contributed by atoms with van der Waals surface area (Å²) < 4.78 is 0. The van der Waals surface area contributed by atoms with E-state index in [4.69, 9.17) is 0 Å². The van der Waals surface area contributed by atoms with Gasteiger partial charge in [0.2, 0.25) is 0 Å². The molecule has 0 aromatic heterocycles. The molecule has 0 saturated heterocycles. The molecule has 3 nitrogen and oxygen atoms in total. The van der Waals surface area contributed by atoms with Crippen LogP contribution in [-0.4, -0.2) is 23.5 Å². The first kappa shape index (κ1) is 15.9. The second-order valence-corrected chi connectivity index (χ2v) is 6.19. The van der Waals surface area contributed by atoms with E-state index in [1.165, 1.54) is 0 Å². The van der Waals surface area contributed by atoms with Crippen molar-refractivity contribution in [3.63, 3.8) is 0 Å². The van der Waals surface area contributed by atoms with Crippen molar-refractivity contribution in [3.8, 4) is 6.07 Å². The Bertz CT molecular complexity index is 440. The number of nitriles is 1. The standard InChI is InChI=1S/C15H22N2OS/c1-4-19-15-7-5-6-14(13(15)9-16)17-10-12(18)8-11(2)3/h5-7,11-12,17-18H,4,8,10H2,1-3H3. The number of hydrogen-bond donors (Lipinski definition) is 2. The van der Waals surface area contributed by atoms with Crippen molar-refractivity contribution in [1.82, 2.24) is 0 Å². The highest BCUT2D eigenvalue weighted by Crippen LogP contribution is 2.27. The molecule has 2 N–H and O–H groups in total. The van der Waals surface area contributed by atoms with Crippen LogP contribution >= 0.6 is 11.8 Å². The van der Waals surface area contributed by atoms with Gasteiger partial charge in [0.1, 0.15) is 6.07 Å². The number of anilines is 1. The van der Waals surface area contributed by atoms with Gasteiger partial charge in [0, 0.05) is 11.4 Å².